The molecule has 0 bridgehead atoms. The summed E-state index contributed by atoms with van der Waals surface area (Å²) in [5.74, 6) is 0. The molecule has 0 aliphatic heterocycles. The van der Waals surface area contributed by atoms with Crippen molar-refractivity contribution in [2.75, 3.05) is 6.54 Å². The minimum atomic E-state index is 0.0428. The van der Waals surface area contributed by atoms with Gasteiger partial charge >= 0.3 is 0 Å². The summed E-state index contributed by atoms with van der Waals surface area (Å²) in [6.07, 6.45) is 1.69. The number of nitrogens with zero attached hydrogens (tertiary/aromatic N) is 2. The van der Waals surface area contributed by atoms with E-state index in [0.717, 1.165) is 16.7 Å². The van der Waals surface area contributed by atoms with Gasteiger partial charge in [-0.2, -0.15) is 5.10 Å². The maximum atomic E-state index is 6.27. The van der Waals surface area contributed by atoms with Crippen LogP contribution in [0.15, 0.2) is 28.9 Å². The zero-order chi connectivity index (χ0) is 14.0. The van der Waals surface area contributed by atoms with Gasteiger partial charge in [0.15, 0.2) is 0 Å². The van der Waals surface area contributed by atoms with Crippen LogP contribution < -0.4 is 5.32 Å². The molecule has 1 atom stereocenters. The Morgan fingerprint density at radius 2 is 2.16 bits per heavy atom. The molecule has 0 amide bonds. The van der Waals surface area contributed by atoms with Crippen molar-refractivity contribution in [1.82, 2.24) is 15.1 Å². The van der Waals surface area contributed by atoms with Crippen molar-refractivity contribution in [2.24, 2.45) is 7.05 Å². The van der Waals surface area contributed by atoms with Crippen LogP contribution >= 0.6 is 27.5 Å². The minimum absolute atomic E-state index is 0.0428. The first-order valence-electron chi connectivity index (χ1n) is 6.20. The third-order valence-corrected chi connectivity index (χ3v) is 3.77. The van der Waals surface area contributed by atoms with Crippen LogP contribution in [0.4, 0.5) is 0 Å². The van der Waals surface area contributed by atoms with Crippen molar-refractivity contribution < 1.29 is 0 Å². The average molecular weight is 343 g/mol. The molecule has 0 saturated heterocycles. The topological polar surface area (TPSA) is 29.9 Å². The second kappa shape index (κ2) is 6.07. The lowest BCUT2D eigenvalue weighted by Crippen LogP contribution is -2.24. The van der Waals surface area contributed by atoms with Crippen molar-refractivity contribution in [3.8, 4) is 0 Å². The Kier molecular flexibility index (Phi) is 4.66. The summed E-state index contributed by atoms with van der Waals surface area (Å²) in [5, 5.41) is 8.38. The molecule has 5 heteroatoms. The molecule has 2 aromatic rings. The Balaban J connectivity index is 2.51. The average Bonchev–Trinajstić information content (AvgIpc) is 2.65. The predicted molar refractivity (Wildman–Crippen MR) is 82.6 cm³/mol. The number of aryl methyl sites for hydroxylation is 2. The van der Waals surface area contributed by atoms with Crippen molar-refractivity contribution in [3.05, 3.63) is 50.7 Å². The monoisotopic (exact) mass is 341 g/mol. The van der Waals surface area contributed by atoms with Gasteiger partial charge in [-0.25, -0.2) is 0 Å². The van der Waals surface area contributed by atoms with E-state index in [4.69, 9.17) is 11.6 Å². The van der Waals surface area contributed by atoms with Gasteiger partial charge in [0.25, 0.3) is 0 Å². The molecule has 1 aromatic heterocycles. The lowest BCUT2D eigenvalue weighted by atomic mass is 10.0. The van der Waals surface area contributed by atoms with Crippen LogP contribution in [0, 0.1) is 6.92 Å². The molecule has 0 fully saturated rings. The number of hydrogen-bond donors (Lipinski definition) is 1. The van der Waals surface area contributed by atoms with Crippen LogP contribution in [0.3, 0.4) is 0 Å². The van der Waals surface area contributed by atoms with E-state index in [0.29, 0.717) is 5.02 Å². The quantitative estimate of drug-likeness (QED) is 0.915. The van der Waals surface area contributed by atoms with E-state index in [1.165, 1.54) is 11.1 Å². The molecule has 1 aromatic carbocycles. The molecular weight excluding hydrogens is 326 g/mol. The Labute approximate surface area is 127 Å². The Hall–Kier alpha value is -0.840. The molecular formula is C14H17BrClN3. The van der Waals surface area contributed by atoms with E-state index in [1.54, 1.807) is 6.20 Å². The van der Waals surface area contributed by atoms with Gasteiger partial charge in [0.05, 0.1) is 23.0 Å². The normalized spacial score (nSPS) is 12.7. The van der Waals surface area contributed by atoms with E-state index in [9.17, 15) is 0 Å². The van der Waals surface area contributed by atoms with Crippen LogP contribution in [0.2, 0.25) is 5.02 Å². The van der Waals surface area contributed by atoms with Crippen molar-refractivity contribution >= 4 is 27.5 Å². The predicted octanol–water partition coefficient (Wildman–Crippen LogP) is 3.84. The Bertz CT molecular complexity index is 540. The molecule has 1 unspecified atom stereocenters. The zero-order valence-corrected chi connectivity index (χ0v) is 13.6. The summed E-state index contributed by atoms with van der Waals surface area (Å²) in [6.45, 7) is 5.03. The van der Waals surface area contributed by atoms with Crippen LogP contribution in [-0.2, 0) is 7.05 Å². The fourth-order valence-electron chi connectivity index (χ4n) is 2.25. The van der Waals surface area contributed by atoms with E-state index < -0.39 is 0 Å². The highest BCUT2D eigenvalue weighted by molar-refractivity contribution is 9.10. The first-order valence-corrected chi connectivity index (χ1v) is 7.38. The van der Waals surface area contributed by atoms with Crippen LogP contribution in [-0.4, -0.2) is 16.3 Å². The summed E-state index contributed by atoms with van der Waals surface area (Å²) in [4.78, 5) is 0. The second-order valence-corrected chi connectivity index (χ2v) is 5.88. The second-order valence-electron chi connectivity index (χ2n) is 4.55. The molecule has 2 rings (SSSR count). The number of benzene rings is 1. The molecule has 1 heterocycles. The fourth-order valence-corrected chi connectivity index (χ4v) is 3.15. The summed E-state index contributed by atoms with van der Waals surface area (Å²) in [7, 11) is 1.91. The van der Waals surface area contributed by atoms with Crippen LogP contribution in [0.1, 0.15) is 29.8 Å². The highest BCUT2D eigenvalue weighted by Gasteiger charge is 2.20. The number of hydrogen-bond acceptors (Lipinski definition) is 2. The van der Waals surface area contributed by atoms with E-state index in [1.807, 2.05) is 11.7 Å². The summed E-state index contributed by atoms with van der Waals surface area (Å²) in [6, 6.07) is 6.42. The smallest absolute Gasteiger partial charge is 0.0837 e. The molecule has 102 valence electrons. The largest absolute Gasteiger partial charge is 0.305 e. The fraction of sp³-hybridized carbons (Fsp3) is 0.357. The van der Waals surface area contributed by atoms with Crippen molar-refractivity contribution in [1.29, 1.82) is 0 Å². The molecule has 0 aliphatic rings. The van der Waals surface area contributed by atoms with E-state index in [-0.39, 0.29) is 6.04 Å². The maximum Gasteiger partial charge on any atom is 0.0837 e. The highest BCUT2D eigenvalue weighted by atomic mass is 79.9. The number of rotatable bonds is 4. The number of aromatic nitrogens is 2. The maximum absolute atomic E-state index is 6.27. The Morgan fingerprint density at radius 1 is 1.42 bits per heavy atom. The standard InChI is InChI=1S/C14H17BrClN3/c1-4-17-13(14-12(16)8-18-19(14)3)10-5-9(2)6-11(15)7-10/h5-8,13,17H,4H2,1-3H3. The molecule has 1 N–H and O–H groups in total. The summed E-state index contributed by atoms with van der Waals surface area (Å²) >= 11 is 9.82. The number of halogens is 2. The molecule has 0 aliphatic carbocycles. The van der Waals surface area contributed by atoms with Gasteiger partial charge in [-0.05, 0) is 36.7 Å². The highest BCUT2D eigenvalue weighted by Crippen LogP contribution is 2.30. The van der Waals surface area contributed by atoms with Crippen LogP contribution in [0.5, 0.6) is 0 Å². The third-order valence-electron chi connectivity index (χ3n) is 3.02. The molecule has 19 heavy (non-hydrogen) atoms. The van der Waals surface area contributed by atoms with Gasteiger partial charge in [0.1, 0.15) is 0 Å². The SMILES string of the molecule is CCNC(c1cc(C)cc(Br)c1)c1c(Cl)cnn1C. The lowest BCUT2D eigenvalue weighted by Gasteiger charge is -2.20. The molecule has 0 saturated carbocycles. The minimum Gasteiger partial charge on any atom is -0.305 e. The summed E-state index contributed by atoms with van der Waals surface area (Å²) in [5.41, 5.74) is 3.38. The van der Waals surface area contributed by atoms with Crippen LogP contribution in [0.25, 0.3) is 0 Å². The molecule has 0 spiro atoms. The number of nitrogens with one attached hydrogen (secondary N) is 1. The van der Waals surface area contributed by atoms with E-state index in [2.05, 4.69) is 58.4 Å². The van der Waals surface area contributed by atoms with Crippen molar-refractivity contribution in [2.45, 2.75) is 19.9 Å². The van der Waals surface area contributed by atoms with Gasteiger partial charge in [-0.1, -0.05) is 40.5 Å². The van der Waals surface area contributed by atoms with E-state index >= 15 is 0 Å². The van der Waals surface area contributed by atoms with Gasteiger partial charge in [-0.3, -0.25) is 4.68 Å². The van der Waals surface area contributed by atoms with Gasteiger partial charge < -0.3 is 5.32 Å². The molecule has 3 nitrogen and oxygen atoms in total. The summed E-state index contributed by atoms with van der Waals surface area (Å²) < 4.78 is 2.90. The zero-order valence-electron chi connectivity index (χ0n) is 11.2. The Morgan fingerprint density at radius 3 is 2.68 bits per heavy atom. The van der Waals surface area contributed by atoms with Gasteiger partial charge in [-0.15, -0.1) is 0 Å². The van der Waals surface area contributed by atoms with Gasteiger partial charge in [0.2, 0.25) is 0 Å². The third kappa shape index (κ3) is 3.19. The van der Waals surface area contributed by atoms with Gasteiger partial charge in [0, 0.05) is 11.5 Å². The van der Waals surface area contributed by atoms with Crippen molar-refractivity contribution in [3.63, 3.8) is 0 Å². The first-order chi connectivity index (χ1) is 9.02. The first kappa shape index (κ1) is 14.6. The molecule has 0 radical (unpaired) electrons. The lowest BCUT2D eigenvalue weighted by molar-refractivity contribution is 0.572.